The predicted molar refractivity (Wildman–Crippen MR) is 89.3 cm³/mol. The first-order chi connectivity index (χ1) is 10.1. The fourth-order valence-corrected chi connectivity index (χ4v) is 3.85. The molecule has 0 saturated carbocycles. The smallest absolute Gasteiger partial charge is 0.192 e. The van der Waals surface area contributed by atoms with Crippen molar-refractivity contribution in [1.82, 2.24) is 4.90 Å². The van der Waals surface area contributed by atoms with Crippen molar-refractivity contribution in [3.8, 4) is 0 Å². The Balaban J connectivity index is 2.03. The molecule has 1 aromatic heterocycles. The minimum absolute atomic E-state index is 0.144. The molecule has 0 radical (unpaired) electrons. The summed E-state index contributed by atoms with van der Waals surface area (Å²) in [5, 5.41) is 2.11. The summed E-state index contributed by atoms with van der Waals surface area (Å²) in [6, 6.07) is 14.9. The van der Waals surface area contributed by atoms with E-state index >= 15 is 0 Å². The van der Waals surface area contributed by atoms with Crippen LogP contribution in [-0.2, 0) is 12.1 Å². The van der Waals surface area contributed by atoms with Crippen LogP contribution in [0.3, 0.4) is 0 Å². The van der Waals surface area contributed by atoms with Gasteiger partial charge in [0, 0.05) is 4.88 Å². The van der Waals surface area contributed by atoms with Crippen LogP contribution in [0.25, 0.3) is 0 Å². The van der Waals surface area contributed by atoms with E-state index in [-0.39, 0.29) is 5.54 Å². The number of nitrogens with zero attached hydrogens (tertiary/aromatic N) is 2. The number of benzene rings is 1. The molecule has 2 heterocycles. The highest BCUT2D eigenvalue weighted by Gasteiger charge is 2.46. The van der Waals surface area contributed by atoms with Crippen LogP contribution in [-0.4, -0.2) is 17.4 Å². The van der Waals surface area contributed by atoms with Gasteiger partial charge in [0.25, 0.3) is 0 Å². The summed E-state index contributed by atoms with van der Waals surface area (Å²) >= 11 is 1.77. The molecule has 0 spiro atoms. The Morgan fingerprint density at radius 1 is 1.24 bits per heavy atom. The van der Waals surface area contributed by atoms with Gasteiger partial charge in [-0.2, -0.15) is 0 Å². The van der Waals surface area contributed by atoms with Crippen molar-refractivity contribution in [3.05, 3.63) is 58.3 Å². The molecule has 2 aromatic rings. The van der Waals surface area contributed by atoms with Crippen molar-refractivity contribution < 1.29 is 0 Å². The SMILES string of the molecule is CC(C)C1(c2ccccc2)CN=C(N)N1Cc1cccs1. The third-order valence-corrected chi connectivity index (χ3v) is 5.22. The number of thiophene rings is 1. The summed E-state index contributed by atoms with van der Waals surface area (Å²) in [6.45, 7) is 6.05. The lowest BCUT2D eigenvalue weighted by atomic mass is 9.79. The maximum Gasteiger partial charge on any atom is 0.192 e. The highest BCUT2D eigenvalue weighted by atomic mass is 32.1. The number of hydrogen-bond acceptors (Lipinski definition) is 4. The number of guanidine groups is 1. The number of aliphatic imine (C=N–C) groups is 1. The van der Waals surface area contributed by atoms with Crippen molar-refractivity contribution in [1.29, 1.82) is 0 Å². The van der Waals surface area contributed by atoms with Crippen LogP contribution in [0, 0.1) is 5.92 Å². The first kappa shape index (κ1) is 14.1. The standard InChI is InChI=1S/C17H21N3S/c1-13(2)17(14-7-4-3-5-8-14)12-19-16(18)20(17)11-15-9-6-10-21-15/h3-10,13H,11-12H2,1-2H3,(H2,18,19). The maximum absolute atomic E-state index is 6.23. The molecule has 1 atom stereocenters. The van der Waals surface area contributed by atoms with E-state index in [1.54, 1.807) is 11.3 Å². The second-order valence-electron chi connectivity index (χ2n) is 5.78. The van der Waals surface area contributed by atoms with E-state index in [1.807, 2.05) is 0 Å². The van der Waals surface area contributed by atoms with Crippen LogP contribution in [0.2, 0.25) is 0 Å². The normalized spacial score (nSPS) is 21.9. The lowest BCUT2D eigenvalue weighted by Gasteiger charge is -2.43. The molecule has 0 fully saturated rings. The van der Waals surface area contributed by atoms with E-state index in [0.29, 0.717) is 11.9 Å². The van der Waals surface area contributed by atoms with Crippen LogP contribution in [0.15, 0.2) is 52.8 Å². The number of hydrogen-bond donors (Lipinski definition) is 1. The third-order valence-electron chi connectivity index (χ3n) is 4.36. The molecule has 0 amide bonds. The molecule has 1 aliphatic heterocycles. The molecule has 4 heteroatoms. The Bertz CT molecular complexity index is 619. The van der Waals surface area contributed by atoms with Crippen LogP contribution in [0.4, 0.5) is 0 Å². The minimum Gasteiger partial charge on any atom is -0.370 e. The highest BCUT2D eigenvalue weighted by molar-refractivity contribution is 7.09. The second-order valence-corrected chi connectivity index (χ2v) is 6.82. The van der Waals surface area contributed by atoms with E-state index < -0.39 is 0 Å². The Labute approximate surface area is 130 Å². The van der Waals surface area contributed by atoms with Gasteiger partial charge in [-0.3, -0.25) is 4.99 Å². The van der Waals surface area contributed by atoms with Gasteiger partial charge in [0.2, 0.25) is 0 Å². The summed E-state index contributed by atoms with van der Waals surface area (Å²) in [6.07, 6.45) is 0. The quantitative estimate of drug-likeness (QED) is 0.939. The lowest BCUT2D eigenvalue weighted by Crippen LogP contribution is -2.52. The first-order valence-corrected chi connectivity index (χ1v) is 8.18. The van der Waals surface area contributed by atoms with Crippen LogP contribution >= 0.6 is 11.3 Å². The van der Waals surface area contributed by atoms with Crippen LogP contribution in [0.1, 0.15) is 24.3 Å². The Morgan fingerprint density at radius 3 is 2.62 bits per heavy atom. The Morgan fingerprint density at radius 2 is 2.00 bits per heavy atom. The molecule has 110 valence electrons. The van der Waals surface area contributed by atoms with Crippen molar-refractivity contribution in [2.75, 3.05) is 6.54 Å². The zero-order valence-corrected chi connectivity index (χ0v) is 13.3. The van der Waals surface area contributed by atoms with Gasteiger partial charge in [-0.05, 0) is 22.9 Å². The first-order valence-electron chi connectivity index (χ1n) is 7.30. The zero-order valence-electron chi connectivity index (χ0n) is 12.5. The van der Waals surface area contributed by atoms with Crippen molar-refractivity contribution in [2.45, 2.75) is 25.9 Å². The minimum atomic E-state index is -0.144. The maximum atomic E-state index is 6.23. The largest absolute Gasteiger partial charge is 0.370 e. The summed E-state index contributed by atoms with van der Waals surface area (Å²) in [5.74, 6) is 1.07. The van der Waals surface area contributed by atoms with E-state index in [1.165, 1.54) is 10.4 Å². The molecular weight excluding hydrogens is 278 g/mol. The van der Waals surface area contributed by atoms with E-state index in [4.69, 9.17) is 5.73 Å². The van der Waals surface area contributed by atoms with Gasteiger partial charge in [0.15, 0.2) is 5.96 Å². The topological polar surface area (TPSA) is 41.6 Å². The van der Waals surface area contributed by atoms with Crippen molar-refractivity contribution >= 4 is 17.3 Å². The van der Waals surface area contributed by atoms with Crippen molar-refractivity contribution in [2.24, 2.45) is 16.6 Å². The molecule has 3 rings (SSSR count). The van der Waals surface area contributed by atoms with Crippen LogP contribution < -0.4 is 5.73 Å². The van der Waals surface area contributed by atoms with Gasteiger partial charge in [0.1, 0.15) is 0 Å². The monoisotopic (exact) mass is 299 g/mol. The zero-order chi connectivity index (χ0) is 14.9. The fourth-order valence-electron chi connectivity index (χ4n) is 3.16. The summed E-state index contributed by atoms with van der Waals surface area (Å²) < 4.78 is 0. The molecule has 1 unspecified atom stereocenters. The molecule has 21 heavy (non-hydrogen) atoms. The molecule has 3 nitrogen and oxygen atoms in total. The molecule has 2 N–H and O–H groups in total. The molecule has 1 aromatic carbocycles. The van der Waals surface area contributed by atoms with Gasteiger partial charge in [0.05, 0.1) is 18.6 Å². The fraction of sp³-hybridized carbons (Fsp3) is 0.353. The Kier molecular flexibility index (Phi) is 3.72. The van der Waals surface area contributed by atoms with Gasteiger partial charge in [-0.15, -0.1) is 11.3 Å². The second kappa shape index (κ2) is 5.53. The molecule has 1 aliphatic rings. The van der Waals surface area contributed by atoms with Crippen molar-refractivity contribution in [3.63, 3.8) is 0 Å². The summed E-state index contributed by atoms with van der Waals surface area (Å²) in [4.78, 5) is 8.17. The average molecular weight is 299 g/mol. The predicted octanol–water partition coefficient (Wildman–Crippen LogP) is 3.43. The molecular formula is C17H21N3S. The summed E-state index contributed by atoms with van der Waals surface area (Å²) in [7, 11) is 0. The molecule has 0 aliphatic carbocycles. The van der Waals surface area contributed by atoms with Crippen LogP contribution in [0.5, 0.6) is 0 Å². The average Bonchev–Trinajstić information content (AvgIpc) is 3.10. The highest BCUT2D eigenvalue weighted by Crippen LogP contribution is 2.40. The molecule has 0 bridgehead atoms. The van der Waals surface area contributed by atoms with E-state index in [9.17, 15) is 0 Å². The van der Waals surface area contributed by atoms with E-state index in [2.05, 4.69) is 71.6 Å². The van der Waals surface area contributed by atoms with Gasteiger partial charge < -0.3 is 10.6 Å². The molecule has 0 saturated heterocycles. The number of rotatable bonds is 4. The summed E-state index contributed by atoms with van der Waals surface area (Å²) in [5.41, 5.74) is 7.38. The van der Waals surface area contributed by atoms with Gasteiger partial charge >= 0.3 is 0 Å². The number of nitrogens with two attached hydrogens (primary N) is 1. The van der Waals surface area contributed by atoms with Gasteiger partial charge in [-0.25, -0.2) is 0 Å². The Hall–Kier alpha value is -1.81. The van der Waals surface area contributed by atoms with Gasteiger partial charge in [-0.1, -0.05) is 50.2 Å². The van der Waals surface area contributed by atoms with E-state index in [0.717, 1.165) is 13.1 Å². The third kappa shape index (κ3) is 2.33. The lowest BCUT2D eigenvalue weighted by molar-refractivity contribution is 0.132.